The van der Waals surface area contributed by atoms with Crippen LogP contribution in [0, 0.1) is 0 Å². The van der Waals surface area contributed by atoms with E-state index in [4.69, 9.17) is 22.1 Å². The Morgan fingerprint density at radius 3 is 2.47 bits per heavy atom. The van der Waals surface area contributed by atoms with Crippen LogP contribution < -0.4 is 21.3 Å². The number of halogens is 1. The van der Waals surface area contributed by atoms with Crippen molar-refractivity contribution in [3.63, 3.8) is 0 Å². The third kappa shape index (κ3) is 7.05. The molecular formula is C23H29ClN6O4. The lowest BCUT2D eigenvalue weighted by atomic mass is 10.1. The maximum Gasteiger partial charge on any atom is 0.316 e. The molecule has 4 N–H and O–H groups in total. The van der Waals surface area contributed by atoms with Crippen LogP contribution in [0.25, 0.3) is 0 Å². The lowest BCUT2D eigenvalue weighted by Gasteiger charge is -2.23. The van der Waals surface area contributed by atoms with Gasteiger partial charge in [-0.3, -0.25) is 9.59 Å². The van der Waals surface area contributed by atoms with Gasteiger partial charge in [0.05, 0.1) is 20.1 Å². The molecule has 182 valence electrons. The Kier molecular flexibility index (Phi) is 8.64. The number of ether oxygens (including phenoxy) is 1. The summed E-state index contributed by atoms with van der Waals surface area (Å²) in [6.07, 6.45) is 4.45. The summed E-state index contributed by atoms with van der Waals surface area (Å²) in [5.74, 6) is 0.217. The van der Waals surface area contributed by atoms with E-state index in [0.717, 1.165) is 31.2 Å². The fourth-order valence-electron chi connectivity index (χ4n) is 3.92. The number of aromatic nitrogens is 2. The van der Waals surface area contributed by atoms with E-state index in [-0.39, 0.29) is 30.1 Å². The van der Waals surface area contributed by atoms with E-state index in [2.05, 4.69) is 20.6 Å². The Morgan fingerprint density at radius 2 is 1.85 bits per heavy atom. The summed E-state index contributed by atoms with van der Waals surface area (Å²) >= 11 is 6.45. The van der Waals surface area contributed by atoms with E-state index in [1.807, 2.05) is 12.1 Å². The van der Waals surface area contributed by atoms with Crippen LogP contribution in [0.3, 0.4) is 0 Å². The van der Waals surface area contributed by atoms with Crippen LogP contribution in [-0.4, -0.2) is 54.6 Å². The summed E-state index contributed by atoms with van der Waals surface area (Å²) in [5.41, 5.74) is 6.97. The molecule has 1 aliphatic carbocycles. The molecule has 0 saturated heterocycles. The van der Waals surface area contributed by atoms with Gasteiger partial charge >= 0.3 is 12.0 Å². The van der Waals surface area contributed by atoms with Gasteiger partial charge in [-0.05, 0) is 30.5 Å². The lowest BCUT2D eigenvalue weighted by Crippen LogP contribution is -2.40. The average Bonchev–Trinajstić information content (AvgIpc) is 3.29. The quantitative estimate of drug-likeness (QED) is 0.363. The topological polar surface area (TPSA) is 140 Å². The van der Waals surface area contributed by atoms with Crippen molar-refractivity contribution in [2.24, 2.45) is 5.73 Å². The summed E-state index contributed by atoms with van der Waals surface area (Å²) in [7, 11) is 3.02. The second-order valence-electron chi connectivity index (χ2n) is 8.25. The van der Waals surface area contributed by atoms with E-state index in [1.165, 1.54) is 7.11 Å². The molecule has 2 aromatic rings. The standard InChI is InChI=1S/C23H29ClN6O4/c1-30(13-19(31)26-15-5-3-4-6-15)22-17(12-20(32)34-2)21(24)28-18(29-22)11-14-7-9-16(10-8-14)27-23(25)33/h7-10,15H,3-6,11-13H2,1-2H3,(H,26,31)(H3,25,27,33). The zero-order valence-electron chi connectivity index (χ0n) is 19.3. The number of methoxy groups -OCH3 is 1. The second kappa shape index (κ2) is 11.6. The van der Waals surface area contributed by atoms with Crippen LogP contribution in [0.15, 0.2) is 24.3 Å². The molecule has 0 aliphatic heterocycles. The van der Waals surface area contributed by atoms with Gasteiger partial charge in [-0.15, -0.1) is 0 Å². The summed E-state index contributed by atoms with van der Waals surface area (Å²) < 4.78 is 4.79. The number of benzene rings is 1. The van der Waals surface area contributed by atoms with Gasteiger partial charge in [0.25, 0.3) is 0 Å². The van der Waals surface area contributed by atoms with Crippen LogP contribution in [0.5, 0.6) is 0 Å². The molecule has 1 saturated carbocycles. The number of urea groups is 1. The van der Waals surface area contributed by atoms with Gasteiger partial charge in [0.1, 0.15) is 16.8 Å². The van der Waals surface area contributed by atoms with E-state index in [0.29, 0.717) is 29.3 Å². The molecule has 1 fully saturated rings. The van der Waals surface area contributed by atoms with Crippen LogP contribution in [0.4, 0.5) is 16.3 Å². The normalized spacial score (nSPS) is 13.4. The summed E-state index contributed by atoms with van der Waals surface area (Å²) in [6.45, 7) is 0.0605. The number of carbonyl (C=O) groups is 3. The zero-order valence-corrected chi connectivity index (χ0v) is 20.0. The Hall–Kier alpha value is -3.40. The first-order chi connectivity index (χ1) is 16.2. The molecular weight excluding hydrogens is 460 g/mol. The number of rotatable bonds is 9. The highest BCUT2D eigenvalue weighted by molar-refractivity contribution is 6.30. The minimum absolute atomic E-state index is 0.0605. The van der Waals surface area contributed by atoms with Crippen molar-refractivity contribution >= 4 is 41.0 Å². The summed E-state index contributed by atoms with van der Waals surface area (Å²) in [6, 6.07) is 6.61. The number of anilines is 2. The van der Waals surface area contributed by atoms with Crippen molar-refractivity contribution in [3.8, 4) is 0 Å². The highest BCUT2D eigenvalue weighted by atomic mass is 35.5. The monoisotopic (exact) mass is 488 g/mol. The minimum atomic E-state index is -0.645. The maximum atomic E-state index is 12.6. The van der Waals surface area contributed by atoms with Crippen LogP contribution in [0.2, 0.25) is 5.15 Å². The van der Waals surface area contributed by atoms with Crippen LogP contribution in [-0.2, 0) is 27.2 Å². The van der Waals surface area contributed by atoms with Crippen molar-refractivity contribution in [3.05, 3.63) is 46.4 Å². The number of likely N-dealkylation sites (N-methyl/N-ethyl adjacent to an activating group) is 1. The van der Waals surface area contributed by atoms with Crippen molar-refractivity contribution in [2.45, 2.75) is 44.6 Å². The van der Waals surface area contributed by atoms with E-state index < -0.39 is 12.0 Å². The Balaban J connectivity index is 1.81. The number of nitrogens with zero attached hydrogens (tertiary/aromatic N) is 3. The van der Waals surface area contributed by atoms with Crippen molar-refractivity contribution < 1.29 is 19.1 Å². The third-order valence-electron chi connectivity index (χ3n) is 5.58. The SMILES string of the molecule is COC(=O)Cc1c(Cl)nc(Cc2ccc(NC(N)=O)cc2)nc1N(C)CC(=O)NC1CCCC1. The van der Waals surface area contributed by atoms with E-state index in [1.54, 1.807) is 24.1 Å². The number of esters is 1. The largest absolute Gasteiger partial charge is 0.469 e. The number of hydrogen-bond donors (Lipinski definition) is 3. The fourth-order valence-corrected chi connectivity index (χ4v) is 4.16. The van der Waals surface area contributed by atoms with Gasteiger partial charge in [-0.1, -0.05) is 36.6 Å². The number of nitrogens with two attached hydrogens (primary N) is 1. The Labute approximate surface area is 203 Å². The molecule has 1 aliphatic rings. The molecule has 3 amide bonds. The zero-order chi connectivity index (χ0) is 24.7. The highest BCUT2D eigenvalue weighted by Gasteiger charge is 2.23. The first-order valence-corrected chi connectivity index (χ1v) is 11.4. The average molecular weight is 489 g/mol. The van der Waals surface area contributed by atoms with Crippen molar-refractivity contribution in [1.82, 2.24) is 15.3 Å². The smallest absolute Gasteiger partial charge is 0.316 e. The number of primary amides is 1. The maximum absolute atomic E-state index is 12.6. The lowest BCUT2D eigenvalue weighted by molar-refractivity contribution is -0.139. The van der Waals surface area contributed by atoms with Crippen molar-refractivity contribution in [2.75, 3.05) is 30.9 Å². The molecule has 0 atom stereocenters. The molecule has 0 radical (unpaired) electrons. The molecule has 1 heterocycles. The third-order valence-corrected chi connectivity index (χ3v) is 5.89. The van der Waals surface area contributed by atoms with E-state index >= 15 is 0 Å². The van der Waals surface area contributed by atoms with Crippen LogP contribution >= 0.6 is 11.6 Å². The summed E-state index contributed by atoms with van der Waals surface area (Å²) in [5, 5.41) is 5.68. The predicted octanol–water partition coefficient (Wildman–Crippen LogP) is 2.42. The number of nitrogens with one attached hydrogen (secondary N) is 2. The molecule has 1 aromatic carbocycles. The van der Waals surface area contributed by atoms with Gasteiger partial charge in [-0.25, -0.2) is 14.8 Å². The van der Waals surface area contributed by atoms with Crippen molar-refractivity contribution in [1.29, 1.82) is 0 Å². The molecule has 11 heteroatoms. The van der Waals surface area contributed by atoms with Gasteiger partial charge in [-0.2, -0.15) is 0 Å². The van der Waals surface area contributed by atoms with Gasteiger partial charge in [0, 0.05) is 30.8 Å². The molecule has 10 nitrogen and oxygen atoms in total. The van der Waals surface area contributed by atoms with E-state index in [9.17, 15) is 14.4 Å². The first kappa shape index (κ1) is 25.2. The minimum Gasteiger partial charge on any atom is -0.469 e. The number of carbonyl (C=O) groups excluding carboxylic acids is 3. The highest BCUT2D eigenvalue weighted by Crippen LogP contribution is 2.26. The molecule has 1 aromatic heterocycles. The number of hydrogen-bond acceptors (Lipinski definition) is 7. The molecule has 34 heavy (non-hydrogen) atoms. The molecule has 0 spiro atoms. The Morgan fingerprint density at radius 1 is 1.18 bits per heavy atom. The molecule has 0 unspecified atom stereocenters. The van der Waals surface area contributed by atoms with Gasteiger partial charge in [0.15, 0.2) is 0 Å². The predicted molar refractivity (Wildman–Crippen MR) is 129 cm³/mol. The van der Waals surface area contributed by atoms with Crippen LogP contribution in [0.1, 0.15) is 42.6 Å². The van der Waals surface area contributed by atoms with Gasteiger partial charge < -0.3 is 26.0 Å². The molecule has 3 rings (SSSR count). The first-order valence-electron chi connectivity index (χ1n) is 11.0. The second-order valence-corrected chi connectivity index (χ2v) is 8.61. The summed E-state index contributed by atoms with van der Waals surface area (Å²) in [4.78, 5) is 46.2. The molecule has 0 bridgehead atoms. The number of amides is 3. The Bertz CT molecular complexity index is 1040. The van der Waals surface area contributed by atoms with Gasteiger partial charge in [0.2, 0.25) is 5.91 Å². The fraction of sp³-hybridized carbons (Fsp3) is 0.435.